The molecular weight excluding hydrogens is 176 g/mol. The largest absolute Gasteiger partial charge is 0.384 e. The molecule has 0 unspecified atom stereocenters. The number of carbonyl (C=O) groups excluding carboxylic acids is 1. The molecule has 14 heavy (non-hydrogen) atoms. The van der Waals surface area contributed by atoms with E-state index in [0.29, 0.717) is 17.8 Å². The van der Waals surface area contributed by atoms with Gasteiger partial charge in [-0.2, -0.15) is 0 Å². The first kappa shape index (κ1) is 9.19. The van der Waals surface area contributed by atoms with E-state index in [1.54, 1.807) is 18.3 Å². The third-order valence-corrected chi connectivity index (χ3v) is 2.58. The van der Waals surface area contributed by atoms with Gasteiger partial charge >= 0.3 is 0 Å². The van der Waals surface area contributed by atoms with Gasteiger partial charge in [-0.15, -0.1) is 0 Å². The molecule has 0 radical (unpaired) electrons. The monoisotopic (exact) mass is 190 g/mol. The Hall–Kier alpha value is -1.38. The van der Waals surface area contributed by atoms with Crippen LogP contribution in [0.3, 0.4) is 0 Å². The molecule has 74 valence electrons. The Bertz CT molecular complexity index is 328. The summed E-state index contributed by atoms with van der Waals surface area (Å²) in [6.07, 6.45) is 5.84. The lowest BCUT2D eigenvalue weighted by atomic mass is 10.1. The molecule has 0 atom stereocenters. The van der Waals surface area contributed by atoms with Crippen molar-refractivity contribution in [2.24, 2.45) is 5.92 Å². The second-order valence-corrected chi connectivity index (χ2v) is 3.88. The van der Waals surface area contributed by atoms with E-state index in [4.69, 9.17) is 5.73 Å². The van der Waals surface area contributed by atoms with Crippen molar-refractivity contribution in [3.8, 4) is 0 Å². The number of pyridine rings is 1. The highest BCUT2D eigenvalue weighted by molar-refractivity contribution is 5.95. The molecule has 2 N–H and O–H groups in total. The summed E-state index contributed by atoms with van der Waals surface area (Å²) in [6.45, 7) is 0. The van der Waals surface area contributed by atoms with Gasteiger partial charge in [-0.05, 0) is 24.5 Å². The third-order valence-electron chi connectivity index (χ3n) is 2.58. The molecule has 1 saturated carbocycles. The standard InChI is InChI=1S/C11H14N2O/c12-11-6-4-9(7-13-11)10(14)5-3-8-1-2-8/h4,6-8H,1-3,5H2,(H2,12,13). The predicted octanol–water partition coefficient (Wildman–Crippen LogP) is 2.04. The fraction of sp³-hybridized carbons (Fsp3) is 0.455. The Morgan fingerprint density at radius 3 is 2.86 bits per heavy atom. The van der Waals surface area contributed by atoms with Crippen LogP contribution in [0.1, 0.15) is 36.0 Å². The second kappa shape index (κ2) is 3.78. The van der Waals surface area contributed by atoms with Crippen LogP contribution >= 0.6 is 0 Å². The normalized spacial score (nSPS) is 15.4. The maximum atomic E-state index is 11.6. The van der Waals surface area contributed by atoms with Crippen LogP contribution in [0.25, 0.3) is 0 Å². The summed E-state index contributed by atoms with van der Waals surface area (Å²) in [7, 11) is 0. The van der Waals surface area contributed by atoms with Gasteiger partial charge in [0.2, 0.25) is 0 Å². The third kappa shape index (κ3) is 2.31. The number of hydrogen-bond donors (Lipinski definition) is 1. The highest BCUT2D eigenvalue weighted by Crippen LogP contribution is 2.33. The average molecular weight is 190 g/mol. The van der Waals surface area contributed by atoms with Crippen LogP contribution in [0.4, 0.5) is 5.82 Å². The molecule has 0 bridgehead atoms. The quantitative estimate of drug-likeness (QED) is 0.739. The van der Waals surface area contributed by atoms with Crippen molar-refractivity contribution >= 4 is 11.6 Å². The minimum atomic E-state index is 0.185. The first-order chi connectivity index (χ1) is 6.75. The van der Waals surface area contributed by atoms with E-state index in [0.717, 1.165) is 12.3 Å². The van der Waals surface area contributed by atoms with Crippen molar-refractivity contribution in [3.63, 3.8) is 0 Å². The fourth-order valence-electron chi connectivity index (χ4n) is 1.46. The number of nitrogens with zero attached hydrogens (tertiary/aromatic N) is 1. The van der Waals surface area contributed by atoms with Crippen LogP contribution in [-0.4, -0.2) is 10.8 Å². The Morgan fingerprint density at radius 1 is 1.50 bits per heavy atom. The maximum absolute atomic E-state index is 11.6. The molecule has 2 rings (SSSR count). The molecular formula is C11H14N2O. The Balaban J connectivity index is 1.92. The molecule has 0 amide bonds. The van der Waals surface area contributed by atoms with Gasteiger partial charge < -0.3 is 5.73 Å². The van der Waals surface area contributed by atoms with E-state index in [9.17, 15) is 4.79 Å². The minimum absolute atomic E-state index is 0.185. The number of anilines is 1. The lowest BCUT2D eigenvalue weighted by Gasteiger charge is -1.99. The summed E-state index contributed by atoms with van der Waals surface area (Å²) in [5.41, 5.74) is 6.12. The SMILES string of the molecule is Nc1ccc(C(=O)CCC2CC2)cn1. The molecule has 0 aliphatic heterocycles. The van der Waals surface area contributed by atoms with Crippen molar-refractivity contribution in [3.05, 3.63) is 23.9 Å². The lowest BCUT2D eigenvalue weighted by molar-refractivity contribution is 0.0978. The average Bonchev–Trinajstić information content (AvgIpc) is 2.99. The first-order valence-corrected chi connectivity index (χ1v) is 5.00. The lowest BCUT2D eigenvalue weighted by Crippen LogP contribution is -2.01. The molecule has 1 aromatic rings. The number of Topliss-reactive ketones (excluding diaryl/α,β-unsaturated/α-hetero) is 1. The van der Waals surface area contributed by atoms with Crippen LogP contribution in [0, 0.1) is 5.92 Å². The number of hydrogen-bond acceptors (Lipinski definition) is 3. The summed E-state index contributed by atoms with van der Waals surface area (Å²) in [5, 5.41) is 0. The predicted molar refractivity (Wildman–Crippen MR) is 54.9 cm³/mol. The number of rotatable bonds is 4. The zero-order valence-electron chi connectivity index (χ0n) is 8.07. The number of ketones is 1. The minimum Gasteiger partial charge on any atom is -0.384 e. The summed E-state index contributed by atoms with van der Waals surface area (Å²) in [6, 6.07) is 3.42. The summed E-state index contributed by atoms with van der Waals surface area (Å²) in [5.74, 6) is 1.45. The van der Waals surface area contributed by atoms with Crippen LogP contribution < -0.4 is 5.73 Å². The van der Waals surface area contributed by atoms with Gasteiger partial charge in [0.15, 0.2) is 5.78 Å². The Kier molecular flexibility index (Phi) is 2.48. The van der Waals surface area contributed by atoms with Crippen LogP contribution in [0.2, 0.25) is 0 Å². The van der Waals surface area contributed by atoms with Gasteiger partial charge in [-0.1, -0.05) is 12.8 Å². The van der Waals surface area contributed by atoms with E-state index in [1.807, 2.05) is 0 Å². The molecule has 1 heterocycles. The highest BCUT2D eigenvalue weighted by Gasteiger charge is 2.22. The molecule has 3 heteroatoms. The topological polar surface area (TPSA) is 56.0 Å². The smallest absolute Gasteiger partial charge is 0.164 e. The van der Waals surface area contributed by atoms with Gasteiger partial charge in [0.25, 0.3) is 0 Å². The van der Waals surface area contributed by atoms with Gasteiger partial charge in [0.1, 0.15) is 5.82 Å². The zero-order chi connectivity index (χ0) is 9.97. The molecule has 0 saturated heterocycles. The molecule has 0 spiro atoms. The molecule has 0 aromatic carbocycles. The van der Waals surface area contributed by atoms with E-state index >= 15 is 0 Å². The summed E-state index contributed by atoms with van der Waals surface area (Å²) in [4.78, 5) is 15.5. The summed E-state index contributed by atoms with van der Waals surface area (Å²) >= 11 is 0. The van der Waals surface area contributed by atoms with Crippen molar-refractivity contribution < 1.29 is 4.79 Å². The van der Waals surface area contributed by atoms with Crippen LogP contribution in [-0.2, 0) is 0 Å². The van der Waals surface area contributed by atoms with Gasteiger partial charge in [0, 0.05) is 18.2 Å². The molecule has 1 aliphatic carbocycles. The number of nitrogen functional groups attached to an aromatic ring is 1. The van der Waals surface area contributed by atoms with E-state index in [1.165, 1.54) is 12.8 Å². The Labute approximate surface area is 83.3 Å². The van der Waals surface area contributed by atoms with Crippen molar-refractivity contribution in [1.82, 2.24) is 4.98 Å². The zero-order valence-corrected chi connectivity index (χ0v) is 8.07. The van der Waals surface area contributed by atoms with Gasteiger partial charge in [-0.25, -0.2) is 4.98 Å². The van der Waals surface area contributed by atoms with Crippen LogP contribution in [0.15, 0.2) is 18.3 Å². The van der Waals surface area contributed by atoms with Gasteiger partial charge in [0.05, 0.1) is 0 Å². The number of carbonyl (C=O) groups is 1. The summed E-state index contributed by atoms with van der Waals surface area (Å²) < 4.78 is 0. The van der Waals surface area contributed by atoms with Crippen LogP contribution in [0.5, 0.6) is 0 Å². The fourth-order valence-corrected chi connectivity index (χ4v) is 1.46. The van der Waals surface area contributed by atoms with Crippen molar-refractivity contribution in [1.29, 1.82) is 0 Å². The Morgan fingerprint density at radius 2 is 2.29 bits per heavy atom. The van der Waals surface area contributed by atoms with E-state index < -0.39 is 0 Å². The van der Waals surface area contributed by atoms with E-state index in [2.05, 4.69) is 4.98 Å². The highest BCUT2D eigenvalue weighted by atomic mass is 16.1. The first-order valence-electron chi connectivity index (χ1n) is 5.00. The van der Waals surface area contributed by atoms with Gasteiger partial charge in [-0.3, -0.25) is 4.79 Å². The van der Waals surface area contributed by atoms with Crippen molar-refractivity contribution in [2.75, 3.05) is 5.73 Å². The number of aromatic nitrogens is 1. The molecule has 1 aromatic heterocycles. The second-order valence-electron chi connectivity index (χ2n) is 3.88. The molecule has 3 nitrogen and oxygen atoms in total. The maximum Gasteiger partial charge on any atom is 0.164 e. The molecule has 1 fully saturated rings. The number of nitrogens with two attached hydrogens (primary N) is 1. The van der Waals surface area contributed by atoms with E-state index in [-0.39, 0.29) is 5.78 Å². The molecule has 1 aliphatic rings. The van der Waals surface area contributed by atoms with Crippen molar-refractivity contribution in [2.45, 2.75) is 25.7 Å².